The SMILES string of the molecule is COc1ccc2ncc(C#N)c(N)c2c1. The Morgan fingerprint density at radius 3 is 2.93 bits per heavy atom. The molecule has 2 N–H and O–H groups in total. The third-order valence-corrected chi connectivity index (χ3v) is 2.24. The monoisotopic (exact) mass is 199 g/mol. The van der Waals surface area contributed by atoms with Gasteiger partial charge < -0.3 is 10.5 Å². The molecule has 4 nitrogen and oxygen atoms in total. The first-order valence-corrected chi connectivity index (χ1v) is 4.38. The summed E-state index contributed by atoms with van der Waals surface area (Å²) < 4.78 is 5.08. The largest absolute Gasteiger partial charge is 0.497 e. The van der Waals surface area contributed by atoms with E-state index >= 15 is 0 Å². The highest BCUT2D eigenvalue weighted by Crippen LogP contribution is 2.26. The lowest BCUT2D eigenvalue weighted by Crippen LogP contribution is -1.94. The lowest BCUT2D eigenvalue weighted by atomic mass is 10.1. The van der Waals surface area contributed by atoms with Gasteiger partial charge in [-0.05, 0) is 18.2 Å². The van der Waals surface area contributed by atoms with Crippen molar-refractivity contribution >= 4 is 16.6 Å². The van der Waals surface area contributed by atoms with Crippen molar-refractivity contribution in [1.29, 1.82) is 5.26 Å². The van der Waals surface area contributed by atoms with E-state index in [4.69, 9.17) is 15.7 Å². The molecule has 0 radical (unpaired) electrons. The number of methoxy groups -OCH3 is 1. The van der Waals surface area contributed by atoms with Gasteiger partial charge in [-0.15, -0.1) is 0 Å². The summed E-state index contributed by atoms with van der Waals surface area (Å²) in [5, 5.41) is 9.55. The van der Waals surface area contributed by atoms with Gasteiger partial charge in [-0.2, -0.15) is 5.26 Å². The number of nitrogens with two attached hydrogens (primary N) is 1. The predicted octanol–water partition coefficient (Wildman–Crippen LogP) is 1.70. The van der Waals surface area contributed by atoms with Crippen molar-refractivity contribution in [2.45, 2.75) is 0 Å². The van der Waals surface area contributed by atoms with E-state index in [-0.39, 0.29) is 0 Å². The fourth-order valence-electron chi connectivity index (χ4n) is 1.41. The van der Waals surface area contributed by atoms with Gasteiger partial charge in [0.1, 0.15) is 11.8 Å². The molecule has 0 aliphatic heterocycles. The molecule has 0 spiro atoms. The van der Waals surface area contributed by atoms with E-state index in [9.17, 15) is 0 Å². The molecule has 15 heavy (non-hydrogen) atoms. The van der Waals surface area contributed by atoms with Gasteiger partial charge in [0.2, 0.25) is 0 Å². The Kier molecular flexibility index (Phi) is 2.14. The van der Waals surface area contributed by atoms with Gasteiger partial charge >= 0.3 is 0 Å². The summed E-state index contributed by atoms with van der Waals surface area (Å²) in [4.78, 5) is 4.13. The smallest absolute Gasteiger partial charge is 0.119 e. The molecule has 0 saturated heterocycles. The molecule has 0 aliphatic rings. The average molecular weight is 199 g/mol. The van der Waals surface area contributed by atoms with Crippen LogP contribution in [-0.4, -0.2) is 12.1 Å². The van der Waals surface area contributed by atoms with Crippen molar-refractivity contribution in [3.8, 4) is 11.8 Å². The minimum atomic E-state index is 0.385. The molecule has 0 unspecified atom stereocenters. The molecule has 0 saturated carbocycles. The van der Waals surface area contributed by atoms with E-state index in [2.05, 4.69) is 4.98 Å². The first-order chi connectivity index (χ1) is 7.26. The van der Waals surface area contributed by atoms with Gasteiger partial charge in [0.25, 0.3) is 0 Å². The first kappa shape index (κ1) is 9.28. The Hall–Kier alpha value is -2.28. The van der Waals surface area contributed by atoms with Crippen molar-refractivity contribution in [1.82, 2.24) is 4.98 Å². The number of aromatic nitrogens is 1. The summed E-state index contributed by atoms with van der Waals surface area (Å²) in [6.45, 7) is 0. The highest BCUT2D eigenvalue weighted by atomic mass is 16.5. The Bertz CT molecular complexity index is 557. The second-order valence-electron chi connectivity index (χ2n) is 3.08. The fourth-order valence-corrected chi connectivity index (χ4v) is 1.41. The summed E-state index contributed by atoms with van der Waals surface area (Å²) in [5.41, 5.74) is 7.42. The highest BCUT2D eigenvalue weighted by molar-refractivity contribution is 5.93. The molecule has 2 rings (SSSR count). The number of ether oxygens (including phenoxy) is 1. The summed E-state index contributed by atoms with van der Waals surface area (Å²) in [5.74, 6) is 0.700. The van der Waals surface area contributed by atoms with Crippen LogP contribution in [0.5, 0.6) is 5.75 Å². The molecule has 1 aromatic carbocycles. The molecule has 74 valence electrons. The number of anilines is 1. The van der Waals surface area contributed by atoms with Crippen molar-refractivity contribution in [3.05, 3.63) is 30.0 Å². The quantitative estimate of drug-likeness (QED) is 0.758. The van der Waals surface area contributed by atoms with Gasteiger partial charge in [-0.3, -0.25) is 4.98 Å². The topological polar surface area (TPSA) is 71.9 Å². The zero-order chi connectivity index (χ0) is 10.8. The maximum absolute atomic E-state index is 8.80. The van der Waals surface area contributed by atoms with E-state index in [1.54, 1.807) is 19.2 Å². The van der Waals surface area contributed by atoms with Crippen molar-refractivity contribution < 1.29 is 4.74 Å². The molecule has 1 aromatic heterocycles. The number of nitrogens with zero attached hydrogens (tertiary/aromatic N) is 2. The van der Waals surface area contributed by atoms with Crippen LogP contribution in [-0.2, 0) is 0 Å². The van der Waals surface area contributed by atoms with Crippen LogP contribution in [0.2, 0.25) is 0 Å². The van der Waals surface area contributed by atoms with E-state index in [0.717, 1.165) is 10.9 Å². The summed E-state index contributed by atoms with van der Waals surface area (Å²) in [6, 6.07) is 7.39. The van der Waals surface area contributed by atoms with Crippen molar-refractivity contribution in [2.24, 2.45) is 0 Å². The summed E-state index contributed by atoms with van der Waals surface area (Å²) >= 11 is 0. The lowest BCUT2D eigenvalue weighted by molar-refractivity contribution is 0.415. The van der Waals surface area contributed by atoms with E-state index < -0.39 is 0 Å². The van der Waals surface area contributed by atoms with Crippen LogP contribution in [0, 0.1) is 11.3 Å². The minimum absolute atomic E-state index is 0.385. The van der Waals surface area contributed by atoms with Crippen molar-refractivity contribution in [3.63, 3.8) is 0 Å². The van der Waals surface area contributed by atoms with Gasteiger partial charge in [0.15, 0.2) is 0 Å². The number of hydrogen-bond acceptors (Lipinski definition) is 4. The maximum Gasteiger partial charge on any atom is 0.119 e. The van der Waals surface area contributed by atoms with E-state index in [1.807, 2.05) is 12.1 Å². The molecule has 0 amide bonds. The highest BCUT2D eigenvalue weighted by Gasteiger charge is 2.05. The standard InChI is InChI=1S/C11H9N3O/c1-15-8-2-3-10-9(4-8)11(13)7(5-12)6-14-10/h2-4,6H,1H3,(H2,13,14). The maximum atomic E-state index is 8.80. The second kappa shape index (κ2) is 3.46. The van der Waals surface area contributed by atoms with Crippen LogP contribution in [0.25, 0.3) is 10.9 Å². The Morgan fingerprint density at radius 1 is 1.47 bits per heavy atom. The average Bonchev–Trinajstić information content (AvgIpc) is 2.29. The molecule has 0 fully saturated rings. The number of pyridine rings is 1. The van der Waals surface area contributed by atoms with E-state index in [0.29, 0.717) is 17.0 Å². The number of nitrogen functional groups attached to an aromatic ring is 1. The number of hydrogen-bond donors (Lipinski definition) is 1. The molecule has 1 heterocycles. The molecule has 0 aliphatic carbocycles. The number of nitriles is 1. The third kappa shape index (κ3) is 1.44. The van der Waals surface area contributed by atoms with Gasteiger partial charge in [-0.1, -0.05) is 0 Å². The molecule has 2 aromatic rings. The van der Waals surface area contributed by atoms with Crippen LogP contribution in [0.4, 0.5) is 5.69 Å². The van der Waals surface area contributed by atoms with E-state index in [1.165, 1.54) is 6.20 Å². The van der Waals surface area contributed by atoms with Crippen LogP contribution in [0.3, 0.4) is 0 Å². The zero-order valence-electron chi connectivity index (χ0n) is 8.19. The minimum Gasteiger partial charge on any atom is -0.497 e. The van der Waals surface area contributed by atoms with Gasteiger partial charge in [0, 0.05) is 11.6 Å². The molecular weight excluding hydrogens is 190 g/mol. The van der Waals surface area contributed by atoms with Crippen LogP contribution >= 0.6 is 0 Å². The molecule has 4 heteroatoms. The number of rotatable bonds is 1. The Labute approximate surface area is 86.9 Å². The predicted molar refractivity (Wildman–Crippen MR) is 57.4 cm³/mol. The zero-order valence-corrected chi connectivity index (χ0v) is 8.19. The van der Waals surface area contributed by atoms with Crippen LogP contribution < -0.4 is 10.5 Å². The first-order valence-electron chi connectivity index (χ1n) is 4.38. The number of fused-ring (bicyclic) bond motifs is 1. The van der Waals surface area contributed by atoms with Gasteiger partial charge in [0.05, 0.1) is 23.9 Å². The summed E-state index contributed by atoms with van der Waals surface area (Å²) in [6.07, 6.45) is 1.48. The second-order valence-corrected chi connectivity index (χ2v) is 3.08. The normalized spacial score (nSPS) is 9.87. The van der Waals surface area contributed by atoms with Crippen molar-refractivity contribution in [2.75, 3.05) is 12.8 Å². The fraction of sp³-hybridized carbons (Fsp3) is 0.0909. The van der Waals surface area contributed by atoms with Crippen LogP contribution in [0.15, 0.2) is 24.4 Å². The lowest BCUT2D eigenvalue weighted by Gasteiger charge is -2.05. The number of benzene rings is 1. The summed E-state index contributed by atoms with van der Waals surface area (Å²) in [7, 11) is 1.58. The molecule has 0 bridgehead atoms. The van der Waals surface area contributed by atoms with Crippen LogP contribution in [0.1, 0.15) is 5.56 Å². The Balaban J connectivity index is 2.79. The van der Waals surface area contributed by atoms with Gasteiger partial charge in [-0.25, -0.2) is 0 Å². The third-order valence-electron chi connectivity index (χ3n) is 2.24. The Morgan fingerprint density at radius 2 is 2.27 bits per heavy atom. The molecule has 0 atom stereocenters. The molecular formula is C11H9N3O.